The van der Waals surface area contributed by atoms with Crippen molar-refractivity contribution in [3.05, 3.63) is 24.3 Å². The third-order valence-electron chi connectivity index (χ3n) is 3.23. The molecule has 0 aliphatic carbocycles. The summed E-state index contributed by atoms with van der Waals surface area (Å²) in [4.78, 5) is 4.07. The minimum Gasteiger partial charge on any atom is -0.491 e. The predicted octanol–water partition coefficient (Wildman–Crippen LogP) is 2.49. The third-order valence-corrected chi connectivity index (χ3v) is 5.23. The average Bonchev–Trinajstić information content (AvgIpc) is 2.49. The zero-order valence-corrected chi connectivity index (χ0v) is 18.4. The number of aliphatic imine (C=N–C) groups is 1. The molecule has 0 radical (unpaired) electrons. The molecule has 7 nitrogen and oxygen atoms in total. The van der Waals surface area contributed by atoms with Crippen LogP contribution < -0.4 is 15.8 Å². The summed E-state index contributed by atoms with van der Waals surface area (Å²) in [6, 6.07) is 7.32. The first-order chi connectivity index (χ1) is 11.3. The Morgan fingerprint density at radius 2 is 1.80 bits per heavy atom. The summed E-state index contributed by atoms with van der Waals surface area (Å²) in [7, 11) is -3.28. The number of benzene rings is 1. The molecule has 0 aromatic heterocycles. The summed E-state index contributed by atoms with van der Waals surface area (Å²) in [6.07, 6.45) is 0.114. The fraction of sp³-hybridized carbons (Fsp3) is 0.562. The second-order valence-electron chi connectivity index (χ2n) is 5.48. The van der Waals surface area contributed by atoms with Crippen LogP contribution in [0.4, 0.5) is 5.69 Å². The maximum Gasteiger partial charge on any atom is 0.215 e. The third kappa shape index (κ3) is 8.73. The van der Waals surface area contributed by atoms with Crippen molar-refractivity contribution in [2.45, 2.75) is 33.8 Å². The number of anilines is 1. The Morgan fingerprint density at radius 3 is 2.28 bits per heavy atom. The van der Waals surface area contributed by atoms with E-state index in [9.17, 15) is 8.42 Å². The van der Waals surface area contributed by atoms with Crippen molar-refractivity contribution in [3.63, 3.8) is 0 Å². The van der Waals surface area contributed by atoms with Gasteiger partial charge in [0.1, 0.15) is 5.75 Å². The van der Waals surface area contributed by atoms with E-state index in [0.29, 0.717) is 13.1 Å². The zero-order valence-electron chi connectivity index (χ0n) is 15.2. The minimum absolute atomic E-state index is 0. The molecule has 1 aromatic carbocycles. The molecule has 0 spiro atoms. The van der Waals surface area contributed by atoms with Crippen LogP contribution in [0.15, 0.2) is 29.3 Å². The van der Waals surface area contributed by atoms with Crippen LogP contribution in [-0.4, -0.2) is 50.2 Å². The molecule has 0 aliphatic rings. The molecule has 144 valence electrons. The van der Waals surface area contributed by atoms with E-state index >= 15 is 0 Å². The van der Waals surface area contributed by atoms with Crippen molar-refractivity contribution < 1.29 is 13.2 Å². The van der Waals surface area contributed by atoms with E-state index in [4.69, 9.17) is 10.5 Å². The number of nitrogens with two attached hydrogens (primary N) is 1. The van der Waals surface area contributed by atoms with Gasteiger partial charge in [0.15, 0.2) is 5.96 Å². The molecule has 0 heterocycles. The van der Waals surface area contributed by atoms with E-state index in [2.05, 4.69) is 10.3 Å². The molecule has 0 unspecified atom stereocenters. The van der Waals surface area contributed by atoms with Crippen molar-refractivity contribution in [2.75, 3.05) is 30.7 Å². The van der Waals surface area contributed by atoms with Crippen molar-refractivity contribution in [1.29, 1.82) is 0 Å². The first-order valence-corrected chi connectivity index (χ1v) is 9.70. The average molecular weight is 484 g/mol. The van der Waals surface area contributed by atoms with Gasteiger partial charge in [-0.3, -0.25) is 4.99 Å². The summed E-state index contributed by atoms with van der Waals surface area (Å²) in [5.74, 6) is 0.900. The molecule has 1 rings (SSSR count). The van der Waals surface area contributed by atoms with Crippen LogP contribution in [0.2, 0.25) is 0 Å². The van der Waals surface area contributed by atoms with Crippen molar-refractivity contribution in [2.24, 2.45) is 10.7 Å². The molecule has 0 saturated heterocycles. The zero-order chi connectivity index (χ0) is 18.2. The number of rotatable bonds is 9. The van der Waals surface area contributed by atoms with Crippen LogP contribution in [-0.2, 0) is 10.0 Å². The number of hydrogen-bond donors (Lipinski definition) is 2. The molecule has 25 heavy (non-hydrogen) atoms. The van der Waals surface area contributed by atoms with E-state index in [1.165, 1.54) is 4.31 Å². The molecule has 0 bridgehead atoms. The van der Waals surface area contributed by atoms with Crippen LogP contribution in [0.5, 0.6) is 5.75 Å². The smallest absolute Gasteiger partial charge is 0.215 e. The van der Waals surface area contributed by atoms with E-state index in [0.717, 1.165) is 11.4 Å². The SMILES string of the molecule is CCN(CC)S(=O)(=O)CCN=C(N)Nc1ccc(OC(C)C)cc1.I. The second-order valence-corrected chi connectivity index (χ2v) is 7.57. The van der Waals surface area contributed by atoms with Crippen LogP contribution in [0.25, 0.3) is 0 Å². The van der Waals surface area contributed by atoms with Gasteiger partial charge < -0.3 is 15.8 Å². The Hall–Kier alpha value is -1.07. The van der Waals surface area contributed by atoms with Gasteiger partial charge in [0.05, 0.1) is 18.4 Å². The lowest BCUT2D eigenvalue weighted by Crippen LogP contribution is -2.34. The number of nitrogens with zero attached hydrogens (tertiary/aromatic N) is 2. The largest absolute Gasteiger partial charge is 0.491 e. The van der Waals surface area contributed by atoms with Gasteiger partial charge in [0, 0.05) is 18.8 Å². The van der Waals surface area contributed by atoms with Crippen molar-refractivity contribution in [3.8, 4) is 5.75 Å². The lowest BCUT2D eigenvalue weighted by atomic mass is 10.3. The van der Waals surface area contributed by atoms with Crippen LogP contribution in [0.1, 0.15) is 27.7 Å². The number of hydrogen-bond acceptors (Lipinski definition) is 4. The normalized spacial score (nSPS) is 12.2. The Kier molecular flexibility index (Phi) is 11.0. The molecular weight excluding hydrogens is 455 g/mol. The van der Waals surface area contributed by atoms with Crippen LogP contribution in [0, 0.1) is 0 Å². The summed E-state index contributed by atoms with van der Waals surface area (Å²) < 4.78 is 31.1. The quantitative estimate of drug-likeness (QED) is 0.319. The van der Waals surface area contributed by atoms with Gasteiger partial charge in [-0.25, -0.2) is 12.7 Å². The highest BCUT2D eigenvalue weighted by atomic mass is 127. The topological polar surface area (TPSA) is 97.0 Å². The van der Waals surface area contributed by atoms with Gasteiger partial charge in [-0.05, 0) is 38.1 Å². The lowest BCUT2D eigenvalue weighted by Gasteiger charge is -2.17. The van der Waals surface area contributed by atoms with Gasteiger partial charge >= 0.3 is 0 Å². The lowest BCUT2D eigenvalue weighted by molar-refractivity contribution is 0.242. The monoisotopic (exact) mass is 484 g/mol. The van der Waals surface area contributed by atoms with E-state index in [1.54, 1.807) is 0 Å². The fourth-order valence-electron chi connectivity index (χ4n) is 2.10. The van der Waals surface area contributed by atoms with Gasteiger partial charge in [0.25, 0.3) is 0 Å². The molecule has 0 saturated carbocycles. The first kappa shape index (κ1) is 23.9. The van der Waals surface area contributed by atoms with Crippen molar-refractivity contribution >= 4 is 45.6 Å². The van der Waals surface area contributed by atoms with Crippen molar-refractivity contribution in [1.82, 2.24) is 4.31 Å². The van der Waals surface area contributed by atoms with Crippen LogP contribution in [0.3, 0.4) is 0 Å². The molecule has 0 fully saturated rings. The van der Waals surface area contributed by atoms with Crippen LogP contribution >= 0.6 is 24.0 Å². The Balaban J connectivity index is 0.00000576. The van der Waals surface area contributed by atoms with E-state index in [-0.39, 0.29) is 48.3 Å². The molecule has 0 atom stereocenters. The maximum atomic E-state index is 12.0. The van der Waals surface area contributed by atoms with E-state index in [1.807, 2.05) is 52.0 Å². The summed E-state index contributed by atoms with van der Waals surface area (Å²) >= 11 is 0. The number of nitrogens with one attached hydrogen (secondary N) is 1. The Bertz CT molecular complexity index is 629. The highest BCUT2D eigenvalue weighted by Gasteiger charge is 2.17. The Morgan fingerprint density at radius 1 is 1.24 bits per heavy atom. The summed E-state index contributed by atoms with van der Waals surface area (Å²) in [6.45, 7) is 8.58. The standard InChI is InChI=1S/C16H28N4O3S.HI/c1-5-20(6-2)24(21,22)12-11-18-16(17)19-14-7-9-15(10-8-14)23-13(3)4;/h7-10,13H,5-6,11-12H2,1-4H3,(H3,17,18,19);1H. The van der Waals surface area contributed by atoms with Gasteiger partial charge in [-0.1, -0.05) is 13.8 Å². The molecule has 9 heteroatoms. The van der Waals surface area contributed by atoms with Gasteiger partial charge in [0.2, 0.25) is 10.0 Å². The minimum atomic E-state index is -3.28. The van der Waals surface area contributed by atoms with Gasteiger partial charge in [-0.15, -0.1) is 24.0 Å². The van der Waals surface area contributed by atoms with Gasteiger partial charge in [-0.2, -0.15) is 0 Å². The van der Waals surface area contributed by atoms with E-state index < -0.39 is 10.0 Å². The predicted molar refractivity (Wildman–Crippen MR) is 114 cm³/mol. The molecule has 1 aromatic rings. The molecular formula is C16H29IN4O3S. The molecule has 0 aliphatic heterocycles. The number of sulfonamides is 1. The Labute approximate surface area is 168 Å². The second kappa shape index (κ2) is 11.5. The highest BCUT2D eigenvalue weighted by molar-refractivity contribution is 14.0. The number of ether oxygens (including phenoxy) is 1. The first-order valence-electron chi connectivity index (χ1n) is 8.10. The number of halogens is 1. The molecule has 0 amide bonds. The highest BCUT2D eigenvalue weighted by Crippen LogP contribution is 2.16. The molecule has 3 N–H and O–H groups in total. The fourth-order valence-corrected chi connectivity index (χ4v) is 3.47. The summed E-state index contributed by atoms with van der Waals surface area (Å²) in [5, 5.41) is 2.93. The summed E-state index contributed by atoms with van der Waals surface area (Å²) in [5.41, 5.74) is 6.56. The number of guanidine groups is 1. The maximum absolute atomic E-state index is 12.0.